The van der Waals surface area contributed by atoms with Crippen LogP contribution in [-0.4, -0.2) is 30.6 Å². The molecule has 1 aliphatic heterocycles. The van der Waals surface area contributed by atoms with Crippen molar-refractivity contribution in [2.75, 3.05) is 6.61 Å². The normalized spacial score (nSPS) is 15.9. The maximum atomic E-state index is 11.7. The second-order valence-corrected chi connectivity index (χ2v) is 7.87. The van der Waals surface area contributed by atoms with E-state index in [1.165, 1.54) is 24.3 Å². The summed E-state index contributed by atoms with van der Waals surface area (Å²) in [5.74, 6) is 0.643. The molecule has 1 aliphatic rings. The van der Waals surface area contributed by atoms with Crippen molar-refractivity contribution in [1.82, 2.24) is 0 Å². The molecule has 1 heterocycles. The van der Waals surface area contributed by atoms with E-state index in [-0.39, 0.29) is 35.8 Å². The average Bonchev–Trinajstić information content (AvgIpc) is 2.61. The minimum atomic E-state index is -4.40. The molecule has 28 heavy (non-hydrogen) atoms. The molecule has 3 rings (SSSR count). The third-order valence-electron chi connectivity index (χ3n) is 4.40. The molecule has 0 unspecified atom stereocenters. The molecule has 8 nitrogen and oxygen atoms in total. The summed E-state index contributed by atoms with van der Waals surface area (Å²) in [4.78, 5) is 10.6. The van der Waals surface area contributed by atoms with Crippen LogP contribution < -0.4 is 9.47 Å². The van der Waals surface area contributed by atoms with Crippen LogP contribution in [0.4, 0.5) is 5.69 Å². The summed E-state index contributed by atoms with van der Waals surface area (Å²) in [7, 11) is -4.40. The van der Waals surface area contributed by atoms with E-state index in [9.17, 15) is 23.1 Å². The number of fused-ring (bicyclic) bond motifs is 1. The Morgan fingerprint density at radius 3 is 2.75 bits per heavy atom. The number of aryl methyl sites for hydroxylation is 1. The first-order valence-electron chi connectivity index (χ1n) is 8.48. The zero-order chi connectivity index (χ0) is 20.5. The summed E-state index contributed by atoms with van der Waals surface area (Å²) in [6.07, 6.45) is 1.32. The van der Waals surface area contributed by atoms with E-state index in [4.69, 9.17) is 9.47 Å². The van der Waals surface area contributed by atoms with Gasteiger partial charge in [-0.15, -0.1) is 6.58 Å². The summed E-state index contributed by atoms with van der Waals surface area (Å²) in [5.41, 5.74) is 1.45. The Morgan fingerprint density at radius 2 is 2.11 bits per heavy atom. The van der Waals surface area contributed by atoms with Crippen LogP contribution in [0.2, 0.25) is 0 Å². The van der Waals surface area contributed by atoms with Crippen molar-refractivity contribution in [3.63, 3.8) is 0 Å². The van der Waals surface area contributed by atoms with E-state index in [0.717, 1.165) is 5.56 Å². The van der Waals surface area contributed by atoms with Crippen molar-refractivity contribution in [2.45, 2.75) is 30.8 Å². The lowest BCUT2D eigenvalue weighted by atomic mass is 10.0. The second kappa shape index (κ2) is 7.61. The molecule has 0 fully saturated rings. The highest BCUT2D eigenvalue weighted by atomic mass is 32.2. The maximum absolute atomic E-state index is 11.7. The van der Waals surface area contributed by atoms with Crippen LogP contribution in [0.3, 0.4) is 0 Å². The fraction of sp³-hybridized carbons (Fsp3) is 0.263. The van der Waals surface area contributed by atoms with Gasteiger partial charge in [0.2, 0.25) is 0 Å². The van der Waals surface area contributed by atoms with Crippen LogP contribution in [0, 0.1) is 17.0 Å². The van der Waals surface area contributed by atoms with E-state index >= 15 is 0 Å². The third kappa shape index (κ3) is 4.00. The standard InChI is InChI=1S/C19H19NO7S/c1-3-4-15-16(20(21)22)6-7-17-19(15)27-14(11-26-17)10-13-9-12(2)5-8-18(13)28(23,24)25/h3,5-9,14H,1,4,10-11H2,2H3,(H,23,24,25)/t14-/m1/s1. The predicted octanol–water partition coefficient (Wildman–Crippen LogP) is 3.26. The van der Waals surface area contributed by atoms with Gasteiger partial charge in [0.25, 0.3) is 15.8 Å². The van der Waals surface area contributed by atoms with Crippen LogP contribution in [0.1, 0.15) is 16.7 Å². The molecule has 0 aromatic heterocycles. The number of nitro groups is 1. The summed E-state index contributed by atoms with van der Waals surface area (Å²) in [5, 5.41) is 11.3. The van der Waals surface area contributed by atoms with Gasteiger partial charge < -0.3 is 9.47 Å². The molecule has 0 radical (unpaired) electrons. The Labute approximate surface area is 162 Å². The quantitative estimate of drug-likeness (QED) is 0.339. The van der Waals surface area contributed by atoms with Crippen molar-refractivity contribution in [2.24, 2.45) is 0 Å². The number of nitro benzene ring substituents is 1. The van der Waals surface area contributed by atoms with Crippen LogP contribution >= 0.6 is 0 Å². The second-order valence-electron chi connectivity index (χ2n) is 6.48. The highest BCUT2D eigenvalue weighted by Crippen LogP contribution is 2.41. The number of ether oxygens (including phenoxy) is 2. The molecule has 0 spiro atoms. The topological polar surface area (TPSA) is 116 Å². The van der Waals surface area contributed by atoms with Gasteiger partial charge in [-0.25, -0.2) is 0 Å². The van der Waals surface area contributed by atoms with E-state index in [0.29, 0.717) is 16.9 Å². The number of allylic oxidation sites excluding steroid dienone is 1. The van der Waals surface area contributed by atoms with Crippen LogP contribution in [0.25, 0.3) is 0 Å². The van der Waals surface area contributed by atoms with Gasteiger partial charge in [-0.2, -0.15) is 8.42 Å². The molecule has 2 aromatic rings. The number of nitrogens with zero attached hydrogens (tertiary/aromatic N) is 1. The monoisotopic (exact) mass is 405 g/mol. The molecule has 148 valence electrons. The van der Waals surface area contributed by atoms with Crippen molar-refractivity contribution in [1.29, 1.82) is 0 Å². The lowest BCUT2D eigenvalue weighted by Gasteiger charge is -2.28. The van der Waals surface area contributed by atoms with Crippen molar-refractivity contribution >= 4 is 15.8 Å². The molecule has 0 aliphatic carbocycles. The SMILES string of the molecule is C=CCc1c([N+](=O)[O-])ccc2c1O[C@H](Cc1cc(C)ccc1S(=O)(=O)O)CO2. The van der Waals surface area contributed by atoms with Gasteiger partial charge in [0.1, 0.15) is 12.7 Å². The maximum Gasteiger partial charge on any atom is 0.294 e. The van der Waals surface area contributed by atoms with Gasteiger partial charge in [0.15, 0.2) is 11.5 Å². The fourth-order valence-electron chi connectivity index (χ4n) is 3.20. The fourth-order valence-corrected chi connectivity index (χ4v) is 3.91. The number of rotatable bonds is 6. The summed E-state index contributed by atoms with van der Waals surface area (Å²) >= 11 is 0. The zero-order valence-electron chi connectivity index (χ0n) is 15.1. The first-order valence-corrected chi connectivity index (χ1v) is 9.92. The lowest BCUT2D eigenvalue weighted by molar-refractivity contribution is -0.385. The van der Waals surface area contributed by atoms with Crippen molar-refractivity contribution in [3.05, 3.63) is 69.8 Å². The molecule has 1 atom stereocenters. The van der Waals surface area contributed by atoms with Crippen molar-refractivity contribution in [3.8, 4) is 11.5 Å². The van der Waals surface area contributed by atoms with Crippen LogP contribution in [0.15, 0.2) is 47.9 Å². The predicted molar refractivity (Wildman–Crippen MR) is 102 cm³/mol. The zero-order valence-corrected chi connectivity index (χ0v) is 15.9. The Kier molecular flexibility index (Phi) is 5.39. The van der Waals surface area contributed by atoms with Gasteiger partial charge >= 0.3 is 0 Å². The van der Waals surface area contributed by atoms with Crippen LogP contribution in [0.5, 0.6) is 11.5 Å². The van der Waals surface area contributed by atoms with E-state index in [1.807, 2.05) is 0 Å². The van der Waals surface area contributed by atoms with Gasteiger partial charge in [0.05, 0.1) is 15.4 Å². The smallest absolute Gasteiger partial charge is 0.294 e. The Hall–Kier alpha value is -2.91. The molecule has 2 aromatic carbocycles. The molecule has 0 bridgehead atoms. The Bertz CT molecular complexity index is 1050. The summed E-state index contributed by atoms with van der Waals surface area (Å²) in [6.45, 7) is 5.57. The first kappa shape index (κ1) is 19.8. The largest absolute Gasteiger partial charge is 0.486 e. The van der Waals surface area contributed by atoms with Crippen molar-refractivity contribution < 1.29 is 27.4 Å². The van der Waals surface area contributed by atoms with E-state index in [2.05, 4.69) is 6.58 Å². The molecule has 0 saturated carbocycles. The number of benzene rings is 2. The van der Waals surface area contributed by atoms with Gasteiger partial charge in [-0.05, 0) is 24.6 Å². The summed E-state index contributed by atoms with van der Waals surface area (Å²) < 4.78 is 44.5. The molecule has 1 N–H and O–H groups in total. The highest BCUT2D eigenvalue weighted by Gasteiger charge is 2.30. The number of hydrogen-bond acceptors (Lipinski definition) is 6. The van der Waals surface area contributed by atoms with E-state index in [1.54, 1.807) is 19.1 Å². The Balaban J connectivity index is 1.97. The molecular weight excluding hydrogens is 386 g/mol. The van der Waals surface area contributed by atoms with Crippen LogP contribution in [-0.2, 0) is 23.0 Å². The third-order valence-corrected chi connectivity index (χ3v) is 5.35. The highest BCUT2D eigenvalue weighted by molar-refractivity contribution is 7.85. The number of hydrogen-bond donors (Lipinski definition) is 1. The molecular formula is C19H19NO7S. The minimum Gasteiger partial charge on any atom is -0.486 e. The minimum absolute atomic E-state index is 0.0999. The molecule has 9 heteroatoms. The lowest BCUT2D eigenvalue weighted by Crippen LogP contribution is -2.32. The van der Waals surface area contributed by atoms with Gasteiger partial charge in [-0.3, -0.25) is 14.7 Å². The van der Waals surface area contributed by atoms with Gasteiger partial charge in [-0.1, -0.05) is 23.8 Å². The van der Waals surface area contributed by atoms with E-state index < -0.39 is 21.1 Å². The first-order chi connectivity index (χ1) is 13.2. The van der Waals surface area contributed by atoms with Gasteiger partial charge in [0, 0.05) is 18.9 Å². The molecule has 0 amide bonds. The molecule has 0 saturated heterocycles. The Morgan fingerprint density at radius 1 is 1.36 bits per heavy atom. The summed E-state index contributed by atoms with van der Waals surface area (Å²) in [6, 6.07) is 7.42. The average molecular weight is 405 g/mol.